The van der Waals surface area contributed by atoms with Crippen molar-refractivity contribution in [2.75, 3.05) is 0 Å². The zero-order valence-corrected chi connectivity index (χ0v) is 16.2. The molecular formula is C23H36O2. The van der Waals surface area contributed by atoms with Gasteiger partial charge < -0.3 is 5.11 Å². The van der Waals surface area contributed by atoms with Gasteiger partial charge in [0.15, 0.2) is 0 Å². The minimum absolute atomic E-state index is 0.391. The van der Waals surface area contributed by atoms with Crippen molar-refractivity contribution in [3.8, 4) is 0 Å². The van der Waals surface area contributed by atoms with Crippen LogP contribution < -0.4 is 0 Å². The first kappa shape index (κ1) is 21.5. The Kier molecular flexibility index (Phi) is 11.8. The highest BCUT2D eigenvalue weighted by molar-refractivity contribution is 5.89. The Labute approximate surface area is 154 Å². The quantitative estimate of drug-likeness (QED) is 0.357. The van der Waals surface area contributed by atoms with E-state index < -0.39 is 5.97 Å². The van der Waals surface area contributed by atoms with E-state index in [-0.39, 0.29) is 0 Å². The van der Waals surface area contributed by atoms with Crippen molar-refractivity contribution in [3.05, 3.63) is 41.0 Å². The van der Waals surface area contributed by atoms with E-state index in [0.29, 0.717) is 5.56 Å². The van der Waals surface area contributed by atoms with Gasteiger partial charge in [0.25, 0.3) is 0 Å². The molecule has 0 unspecified atom stereocenters. The van der Waals surface area contributed by atoms with Crippen molar-refractivity contribution >= 4 is 12.0 Å². The minimum atomic E-state index is -0.853. The average Bonchev–Trinajstić information content (AvgIpc) is 2.58. The second-order valence-corrected chi connectivity index (χ2v) is 7.11. The van der Waals surface area contributed by atoms with Crippen LogP contribution in [0.5, 0.6) is 0 Å². The SMILES string of the molecule is CCCCCCCCCCCCC/C=C/c1ccc(C(=O)O)c(C)c1. The molecule has 0 aliphatic rings. The number of unbranched alkanes of at least 4 members (excludes halogenated alkanes) is 11. The summed E-state index contributed by atoms with van der Waals surface area (Å²) in [7, 11) is 0. The summed E-state index contributed by atoms with van der Waals surface area (Å²) in [5.41, 5.74) is 2.30. The summed E-state index contributed by atoms with van der Waals surface area (Å²) >= 11 is 0. The maximum atomic E-state index is 11.0. The number of carboxylic acids is 1. The molecule has 0 spiro atoms. The molecule has 0 heterocycles. The summed E-state index contributed by atoms with van der Waals surface area (Å²) < 4.78 is 0. The Morgan fingerprint density at radius 3 is 2.00 bits per heavy atom. The van der Waals surface area contributed by atoms with Gasteiger partial charge in [-0.15, -0.1) is 0 Å². The van der Waals surface area contributed by atoms with E-state index in [4.69, 9.17) is 5.11 Å². The van der Waals surface area contributed by atoms with Crippen molar-refractivity contribution in [3.63, 3.8) is 0 Å². The van der Waals surface area contributed by atoms with Gasteiger partial charge in [-0.25, -0.2) is 4.79 Å². The second kappa shape index (κ2) is 13.7. The summed E-state index contributed by atoms with van der Waals surface area (Å²) in [4.78, 5) is 11.0. The molecule has 25 heavy (non-hydrogen) atoms. The van der Waals surface area contributed by atoms with E-state index in [0.717, 1.165) is 17.5 Å². The molecule has 1 aromatic carbocycles. The van der Waals surface area contributed by atoms with Crippen LogP contribution in [0.4, 0.5) is 0 Å². The lowest BCUT2D eigenvalue weighted by Crippen LogP contribution is -1.99. The van der Waals surface area contributed by atoms with E-state index in [9.17, 15) is 4.79 Å². The summed E-state index contributed by atoms with van der Waals surface area (Å²) in [5, 5.41) is 9.04. The number of benzene rings is 1. The minimum Gasteiger partial charge on any atom is -0.478 e. The van der Waals surface area contributed by atoms with E-state index in [1.807, 2.05) is 19.1 Å². The second-order valence-electron chi connectivity index (χ2n) is 7.11. The van der Waals surface area contributed by atoms with Gasteiger partial charge in [-0.1, -0.05) is 95.4 Å². The van der Waals surface area contributed by atoms with Crippen LogP contribution in [-0.2, 0) is 0 Å². The van der Waals surface area contributed by atoms with Gasteiger partial charge in [0.05, 0.1) is 5.56 Å². The predicted octanol–water partition coefficient (Wildman–Crippen LogP) is 7.41. The van der Waals surface area contributed by atoms with Gasteiger partial charge >= 0.3 is 5.97 Å². The number of rotatable bonds is 14. The fraction of sp³-hybridized carbons (Fsp3) is 0.609. The van der Waals surface area contributed by atoms with Gasteiger partial charge in [-0.2, -0.15) is 0 Å². The molecule has 0 aromatic heterocycles. The highest BCUT2D eigenvalue weighted by Crippen LogP contribution is 2.14. The van der Waals surface area contributed by atoms with Crippen molar-refractivity contribution in [1.29, 1.82) is 0 Å². The molecule has 1 rings (SSSR count). The third kappa shape index (κ3) is 10.1. The van der Waals surface area contributed by atoms with Gasteiger partial charge in [-0.3, -0.25) is 0 Å². The molecule has 0 aliphatic carbocycles. The van der Waals surface area contributed by atoms with Crippen molar-refractivity contribution in [2.45, 2.75) is 90.9 Å². The normalized spacial score (nSPS) is 11.3. The first-order valence-corrected chi connectivity index (χ1v) is 10.2. The van der Waals surface area contributed by atoms with Gasteiger partial charge in [0, 0.05) is 0 Å². The Hall–Kier alpha value is -1.57. The molecule has 0 amide bonds. The highest BCUT2D eigenvalue weighted by atomic mass is 16.4. The van der Waals surface area contributed by atoms with E-state index >= 15 is 0 Å². The van der Waals surface area contributed by atoms with Crippen LogP contribution in [0.2, 0.25) is 0 Å². The number of hydrogen-bond donors (Lipinski definition) is 1. The molecule has 0 saturated heterocycles. The van der Waals surface area contributed by atoms with Crippen LogP contribution in [0.25, 0.3) is 6.08 Å². The lowest BCUT2D eigenvalue weighted by molar-refractivity contribution is 0.0696. The van der Waals surface area contributed by atoms with Crippen LogP contribution in [0.3, 0.4) is 0 Å². The number of allylic oxidation sites excluding steroid dienone is 1. The van der Waals surface area contributed by atoms with E-state index in [1.54, 1.807) is 6.07 Å². The summed E-state index contributed by atoms with van der Waals surface area (Å²) in [6, 6.07) is 5.52. The van der Waals surface area contributed by atoms with Gasteiger partial charge in [0.2, 0.25) is 0 Å². The number of carbonyl (C=O) groups is 1. The topological polar surface area (TPSA) is 37.3 Å². The number of aryl methyl sites for hydroxylation is 1. The molecule has 0 radical (unpaired) electrons. The summed E-state index contributed by atoms with van der Waals surface area (Å²) in [5.74, 6) is -0.853. The fourth-order valence-electron chi connectivity index (χ4n) is 3.18. The Bertz CT molecular complexity index is 517. The Morgan fingerprint density at radius 1 is 0.920 bits per heavy atom. The van der Waals surface area contributed by atoms with Crippen molar-refractivity contribution in [2.24, 2.45) is 0 Å². The molecule has 0 fully saturated rings. The zero-order chi connectivity index (χ0) is 18.3. The number of carboxylic acid groups (broad SMARTS) is 1. The van der Waals surface area contributed by atoms with E-state index in [2.05, 4.69) is 19.1 Å². The largest absolute Gasteiger partial charge is 0.478 e. The van der Waals surface area contributed by atoms with E-state index in [1.165, 1.54) is 70.6 Å². The van der Waals surface area contributed by atoms with Crippen LogP contribution in [0.1, 0.15) is 105 Å². The third-order valence-corrected chi connectivity index (χ3v) is 4.77. The number of aromatic carboxylic acids is 1. The van der Waals surface area contributed by atoms with Crippen molar-refractivity contribution < 1.29 is 9.90 Å². The maximum Gasteiger partial charge on any atom is 0.335 e. The van der Waals surface area contributed by atoms with Gasteiger partial charge in [0.1, 0.15) is 0 Å². The molecule has 2 heteroatoms. The first-order chi connectivity index (χ1) is 12.1. The molecular weight excluding hydrogens is 308 g/mol. The number of hydrogen-bond acceptors (Lipinski definition) is 1. The Balaban J connectivity index is 2.03. The van der Waals surface area contributed by atoms with Crippen molar-refractivity contribution in [1.82, 2.24) is 0 Å². The first-order valence-electron chi connectivity index (χ1n) is 10.2. The van der Waals surface area contributed by atoms with Crippen LogP contribution in [-0.4, -0.2) is 11.1 Å². The zero-order valence-electron chi connectivity index (χ0n) is 16.2. The lowest BCUT2D eigenvalue weighted by atomic mass is 10.0. The standard InChI is InChI=1S/C23H36O2/c1-3-4-5-6-7-8-9-10-11-12-13-14-15-16-21-17-18-22(23(24)25)20(2)19-21/h15-19H,3-14H2,1-2H3,(H,24,25)/b16-15+. The maximum absolute atomic E-state index is 11.0. The Morgan fingerprint density at radius 2 is 1.48 bits per heavy atom. The molecule has 140 valence electrons. The predicted molar refractivity (Wildman–Crippen MR) is 108 cm³/mol. The molecule has 2 nitrogen and oxygen atoms in total. The molecule has 0 aliphatic heterocycles. The fourth-order valence-corrected chi connectivity index (χ4v) is 3.18. The van der Waals surface area contributed by atoms with Crippen LogP contribution in [0, 0.1) is 6.92 Å². The lowest BCUT2D eigenvalue weighted by Gasteiger charge is -2.02. The third-order valence-electron chi connectivity index (χ3n) is 4.77. The molecule has 1 aromatic rings. The highest BCUT2D eigenvalue weighted by Gasteiger charge is 2.05. The van der Waals surface area contributed by atoms with Crippen LogP contribution >= 0.6 is 0 Å². The van der Waals surface area contributed by atoms with Crippen LogP contribution in [0.15, 0.2) is 24.3 Å². The summed E-state index contributed by atoms with van der Waals surface area (Å²) in [6.45, 7) is 4.12. The monoisotopic (exact) mass is 344 g/mol. The van der Waals surface area contributed by atoms with Gasteiger partial charge in [-0.05, 0) is 37.0 Å². The molecule has 0 saturated carbocycles. The smallest absolute Gasteiger partial charge is 0.335 e. The molecule has 0 bridgehead atoms. The molecule has 0 atom stereocenters. The summed E-state index contributed by atoms with van der Waals surface area (Å²) in [6.07, 6.45) is 20.5. The molecule has 1 N–H and O–H groups in total. The average molecular weight is 345 g/mol.